The van der Waals surface area contributed by atoms with E-state index in [1.807, 2.05) is 6.07 Å². The fraction of sp³-hybridized carbons (Fsp3) is 0.471. The third-order valence-corrected chi connectivity index (χ3v) is 5.81. The van der Waals surface area contributed by atoms with Crippen molar-refractivity contribution >= 4 is 21.9 Å². The molecule has 0 saturated carbocycles. The van der Waals surface area contributed by atoms with E-state index >= 15 is 0 Å². The van der Waals surface area contributed by atoms with Crippen LogP contribution in [-0.2, 0) is 19.6 Å². The number of nitriles is 1. The van der Waals surface area contributed by atoms with Gasteiger partial charge in [0.1, 0.15) is 0 Å². The van der Waals surface area contributed by atoms with E-state index in [1.54, 1.807) is 13.8 Å². The molecule has 0 aliphatic carbocycles. The maximum atomic E-state index is 12.4. The van der Waals surface area contributed by atoms with Gasteiger partial charge in [0.05, 0.1) is 22.9 Å². The number of benzene rings is 1. The lowest BCUT2D eigenvalue weighted by Crippen LogP contribution is -2.32. The minimum absolute atomic E-state index is 0.0880. The molecular weight excluding hydrogens is 358 g/mol. The highest BCUT2D eigenvalue weighted by molar-refractivity contribution is 7.89. The van der Waals surface area contributed by atoms with Crippen molar-refractivity contribution in [3.8, 4) is 6.07 Å². The second-order valence-electron chi connectivity index (χ2n) is 5.41. The monoisotopic (exact) mass is 381 g/mol. The summed E-state index contributed by atoms with van der Waals surface area (Å²) < 4.78 is 31.0. The van der Waals surface area contributed by atoms with Crippen LogP contribution in [0.3, 0.4) is 0 Å². The van der Waals surface area contributed by atoms with Crippen LogP contribution < -0.4 is 0 Å². The van der Waals surface area contributed by atoms with Gasteiger partial charge >= 0.3 is 5.97 Å². The highest BCUT2D eigenvalue weighted by Crippen LogP contribution is 2.16. The van der Waals surface area contributed by atoms with Gasteiger partial charge in [0.25, 0.3) is 5.91 Å². The van der Waals surface area contributed by atoms with Crippen LogP contribution in [0.15, 0.2) is 29.2 Å². The van der Waals surface area contributed by atoms with Crippen LogP contribution in [0.5, 0.6) is 0 Å². The predicted molar refractivity (Wildman–Crippen MR) is 94.7 cm³/mol. The van der Waals surface area contributed by atoms with Crippen molar-refractivity contribution in [3.63, 3.8) is 0 Å². The summed E-state index contributed by atoms with van der Waals surface area (Å²) in [6.45, 7) is 4.01. The minimum atomic E-state index is -3.60. The lowest BCUT2D eigenvalue weighted by molar-refractivity contribution is -0.133. The Labute approximate surface area is 154 Å². The summed E-state index contributed by atoms with van der Waals surface area (Å²) in [6.07, 6.45) is 0.193. The summed E-state index contributed by atoms with van der Waals surface area (Å²) in [4.78, 5) is 25.1. The molecule has 0 heterocycles. The minimum Gasteiger partial charge on any atom is -0.452 e. The second-order valence-corrected chi connectivity index (χ2v) is 7.35. The van der Waals surface area contributed by atoms with E-state index < -0.39 is 28.5 Å². The van der Waals surface area contributed by atoms with Crippen LogP contribution in [-0.4, -0.2) is 62.8 Å². The summed E-state index contributed by atoms with van der Waals surface area (Å²) in [5.74, 6) is -1.15. The molecule has 0 radical (unpaired) electrons. The average molecular weight is 381 g/mol. The van der Waals surface area contributed by atoms with Crippen LogP contribution >= 0.6 is 0 Å². The topological polar surface area (TPSA) is 108 Å². The van der Waals surface area contributed by atoms with Crippen molar-refractivity contribution in [1.82, 2.24) is 9.21 Å². The number of likely N-dealkylation sites (N-methyl/N-ethyl adjacent to an activating group) is 1. The van der Waals surface area contributed by atoms with Gasteiger partial charge < -0.3 is 9.64 Å². The van der Waals surface area contributed by atoms with Crippen LogP contribution in [0.25, 0.3) is 0 Å². The molecule has 142 valence electrons. The molecule has 9 heteroatoms. The molecule has 0 aromatic heterocycles. The molecule has 8 nitrogen and oxygen atoms in total. The Morgan fingerprint density at radius 3 is 2.23 bits per heavy atom. The Bertz CT molecular complexity index is 765. The van der Waals surface area contributed by atoms with E-state index in [2.05, 4.69) is 0 Å². The van der Waals surface area contributed by atoms with Gasteiger partial charge in [-0.1, -0.05) is 13.8 Å². The van der Waals surface area contributed by atoms with E-state index in [1.165, 1.54) is 40.5 Å². The molecule has 0 N–H and O–H groups in total. The van der Waals surface area contributed by atoms with Crippen molar-refractivity contribution in [1.29, 1.82) is 5.26 Å². The molecule has 26 heavy (non-hydrogen) atoms. The molecule has 0 aliphatic heterocycles. The number of sulfonamides is 1. The Balaban J connectivity index is 2.73. The van der Waals surface area contributed by atoms with Gasteiger partial charge in [-0.15, -0.1) is 0 Å². The fourth-order valence-corrected chi connectivity index (χ4v) is 3.60. The Kier molecular flexibility index (Phi) is 8.22. The molecule has 1 amide bonds. The van der Waals surface area contributed by atoms with E-state index in [0.717, 1.165) is 0 Å². The standard InChI is InChI=1S/C17H23N3O5S/c1-4-20(5-2)26(23,24)15-9-7-14(8-10-15)17(22)25-13-16(21)19(3)12-6-11-18/h7-10H,4-6,12-13H2,1-3H3. The van der Waals surface area contributed by atoms with Gasteiger partial charge in [0, 0.05) is 26.7 Å². The van der Waals surface area contributed by atoms with Crippen LogP contribution in [0.2, 0.25) is 0 Å². The van der Waals surface area contributed by atoms with E-state index in [9.17, 15) is 18.0 Å². The first-order valence-corrected chi connectivity index (χ1v) is 9.60. The summed E-state index contributed by atoms with van der Waals surface area (Å²) in [5.41, 5.74) is 0.149. The van der Waals surface area contributed by atoms with Gasteiger partial charge in [-0.25, -0.2) is 13.2 Å². The zero-order valence-electron chi connectivity index (χ0n) is 15.1. The molecule has 0 saturated heterocycles. The van der Waals surface area contributed by atoms with Crippen LogP contribution in [0.4, 0.5) is 0 Å². The zero-order valence-corrected chi connectivity index (χ0v) is 16.0. The normalized spacial score (nSPS) is 11.0. The summed E-state index contributed by atoms with van der Waals surface area (Å²) in [7, 11) is -2.08. The first kappa shape index (κ1) is 21.6. The highest BCUT2D eigenvalue weighted by atomic mass is 32.2. The zero-order chi connectivity index (χ0) is 19.7. The van der Waals surface area contributed by atoms with Crippen molar-refractivity contribution in [2.24, 2.45) is 0 Å². The van der Waals surface area contributed by atoms with Gasteiger partial charge in [0.2, 0.25) is 10.0 Å². The molecule has 0 bridgehead atoms. The Morgan fingerprint density at radius 2 is 1.73 bits per heavy atom. The number of ether oxygens (including phenoxy) is 1. The third-order valence-electron chi connectivity index (χ3n) is 3.74. The predicted octanol–water partition coefficient (Wildman–Crippen LogP) is 1.25. The molecule has 1 rings (SSSR count). The average Bonchev–Trinajstić information content (AvgIpc) is 2.64. The number of esters is 1. The number of amides is 1. The number of carbonyl (C=O) groups excluding carboxylic acids is 2. The number of hydrogen-bond donors (Lipinski definition) is 0. The molecule has 1 aromatic carbocycles. The second kappa shape index (κ2) is 9.89. The van der Waals surface area contributed by atoms with Crippen LogP contribution in [0.1, 0.15) is 30.6 Å². The SMILES string of the molecule is CCN(CC)S(=O)(=O)c1ccc(C(=O)OCC(=O)N(C)CCC#N)cc1. The number of carbonyl (C=O) groups is 2. The lowest BCUT2D eigenvalue weighted by Gasteiger charge is -2.18. The first-order valence-electron chi connectivity index (χ1n) is 8.16. The van der Waals surface area contributed by atoms with Crippen molar-refractivity contribution < 1.29 is 22.7 Å². The number of nitrogens with zero attached hydrogens (tertiary/aromatic N) is 3. The molecular formula is C17H23N3O5S. The number of rotatable bonds is 9. The van der Waals surface area contributed by atoms with E-state index in [0.29, 0.717) is 13.1 Å². The summed E-state index contributed by atoms with van der Waals surface area (Å²) in [5, 5.41) is 8.49. The van der Waals surface area contributed by atoms with Gasteiger partial charge in [-0.05, 0) is 24.3 Å². The lowest BCUT2D eigenvalue weighted by atomic mass is 10.2. The fourth-order valence-electron chi connectivity index (χ4n) is 2.14. The molecule has 0 aliphatic rings. The summed E-state index contributed by atoms with van der Waals surface area (Å²) >= 11 is 0. The van der Waals surface area contributed by atoms with Gasteiger partial charge in [-0.3, -0.25) is 4.79 Å². The molecule has 0 spiro atoms. The van der Waals surface area contributed by atoms with E-state index in [-0.39, 0.29) is 23.4 Å². The van der Waals surface area contributed by atoms with Crippen LogP contribution in [0, 0.1) is 11.3 Å². The van der Waals surface area contributed by atoms with Gasteiger partial charge in [0.15, 0.2) is 6.61 Å². The van der Waals surface area contributed by atoms with Gasteiger partial charge in [-0.2, -0.15) is 9.57 Å². The Morgan fingerprint density at radius 1 is 1.15 bits per heavy atom. The van der Waals surface area contributed by atoms with Crippen molar-refractivity contribution in [2.75, 3.05) is 33.3 Å². The number of hydrogen-bond acceptors (Lipinski definition) is 6. The smallest absolute Gasteiger partial charge is 0.338 e. The van der Waals surface area contributed by atoms with Crippen molar-refractivity contribution in [2.45, 2.75) is 25.2 Å². The third kappa shape index (κ3) is 5.54. The largest absolute Gasteiger partial charge is 0.452 e. The van der Waals surface area contributed by atoms with E-state index in [4.69, 9.17) is 10.00 Å². The molecule has 1 aromatic rings. The highest BCUT2D eigenvalue weighted by Gasteiger charge is 2.22. The Hall–Kier alpha value is -2.44. The summed E-state index contributed by atoms with van der Waals surface area (Å²) in [6, 6.07) is 7.30. The van der Waals surface area contributed by atoms with Crippen molar-refractivity contribution in [3.05, 3.63) is 29.8 Å². The quantitative estimate of drug-likeness (QED) is 0.596. The first-order chi connectivity index (χ1) is 12.3. The maximum absolute atomic E-state index is 12.4. The molecule has 0 unspecified atom stereocenters. The maximum Gasteiger partial charge on any atom is 0.338 e. The molecule has 0 fully saturated rings. The molecule has 0 atom stereocenters.